The van der Waals surface area contributed by atoms with Gasteiger partial charge < -0.3 is 5.73 Å². The molecule has 0 spiro atoms. The topological polar surface area (TPSA) is 56.2 Å². The van der Waals surface area contributed by atoms with E-state index in [2.05, 4.69) is 17.0 Å². The second kappa shape index (κ2) is 5.07. The Kier molecular flexibility index (Phi) is 3.51. The molecule has 0 saturated heterocycles. The Bertz CT molecular complexity index is 449. The lowest BCUT2D eigenvalue weighted by molar-refractivity contribution is 0.583. The minimum atomic E-state index is 0.0771. The number of nitrogens with two attached hydrogens (primary N) is 1. The Morgan fingerprint density at radius 1 is 1.38 bits per heavy atom. The second-order valence-electron chi connectivity index (χ2n) is 4.11. The van der Waals surface area contributed by atoms with Crippen LogP contribution in [0.1, 0.15) is 44.2 Å². The van der Waals surface area contributed by atoms with Gasteiger partial charge in [0, 0.05) is 24.0 Å². The van der Waals surface area contributed by atoms with Crippen LogP contribution in [-0.2, 0) is 0 Å². The molecule has 16 heavy (non-hydrogen) atoms. The number of unbranched alkanes of at least 4 members (excludes halogenated alkanes) is 2. The van der Waals surface area contributed by atoms with Gasteiger partial charge in [-0.15, -0.1) is 0 Å². The average molecular weight is 218 g/mol. The van der Waals surface area contributed by atoms with E-state index in [9.17, 15) is 0 Å². The van der Waals surface area contributed by atoms with Crippen LogP contribution >= 0.6 is 0 Å². The van der Waals surface area contributed by atoms with Crippen molar-refractivity contribution in [1.29, 1.82) is 0 Å². The SMILES string of the molecule is CCCCCC(N)c1cnn2ccncc12. The number of nitrogens with zero attached hydrogens (tertiary/aromatic N) is 3. The van der Waals surface area contributed by atoms with Gasteiger partial charge in [0.05, 0.1) is 17.9 Å². The van der Waals surface area contributed by atoms with Crippen LogP contribution in [0.25, 0.3) is 5.52 Å². The van der Waals surface area contributed by atoms with Gasteiger partial charge in [0.1, 0.15) is 0 Å². The van der Waals surface area contributed by atoms with Crippen molar-refractivity contribution in [2.75, 3.05) is 0 Å². The Morgan fingerprint density at radius 2 is 2.25 bits per heavy atom. The zero-order valence-corrected chi connectivity index (χ0v) is 9.63. The molecule has 2 rings (SSSR count). The maximum atomic E-state index is 6.17. The molecule has 0 aliphatic rings. The Balaban J connectivity index is 2.13. The molecule has 4 nitrogen and oxygen atoms in total. The Morgan fingerprint density at radius 3 is 3.06 bits per heavy atom. The molecule has 0 aliphatic carbocycles. The van der Waals surface area contributed by atoms with Gasteiger partial charge in [0.2, 0.25) is 0 Å². The molecule has 0 radical (unpaired) electrons. The normalized spacial score (nSPS) is 13.1. The van der Waals surface area contributed by atoms with Crippen molar-refractivity contribution in [3.63, 3.8) is 0 Å². The second-order valence-corrected chi connectivity index (χ2v) is 4.11. The van der Waals surface area contributed by atoms with Crippen molar-refractivity contribution in [2.24, 2.45) is 5.73 Å². The first-order valence-corrected chi connectivity index (χ1v) is 5.85. The maximum absolute atomic E-state index is 6.17. The molecular formula is C12H18N4. The Hall–Kier alpha value is -1.42. The van der Waals surface area contributed by atoms with Crippen molar-refractivity contribution in [2.45, 2.75) is 38.6 Å². The van der Waals surface area contributed by atoms with Crippen molar-refractivity contribution in [3.8, 4) is 0 Å². The lowest BCUT2D eigenvalue weighted by Gasteiger charge is -2.09. The van der Waals surface area contributed by atoms with Crippen LogP contribution in [-0.4, -0.2) is 14.6 Å². The van der Waals surface area contributed by atoms with Crippen molar-refractivity contribution in [3.05, 3.63) is 30.4 Å². The molecule has 1 unspecified atom stereocenters. The van der Waals surface area contributed by atoms with Gasteiger partial charge in [-0.3, -0.25) is 4.98 Å². The highest BCUT2D eigenvalue weighted by atomic mass is 15.2. The molecule has 1 atom stereocenters. The molecule has 2 aromatic rings. The highest BCUT2D eigenvalue weighted by Crippen LogP contribution is 2.21. The molecule has 2 N–H and O–H groups in total. The van der Waals surface area contributed by atoms with Crippen LogP contribution in [0, 0.1) is 0 Å². The number of aromatic nitrogens is 3. The smallest absolute Gasteiger partial charge is 0.0892 e. The number of fused-ring (bicyclic) bond motifs is 1. The van der Waals surface area contributed by atoms with Crippen LogP contribution in [0.5, 0.6) is 0 Å². The molecule has 0 saturated carbocycles. The van der Waals surface area contributed by atoms with Gasteiger partial charge in [-0.2, -0.15) is 5.10 Å². The van der Waals surface area contributed by atoms with E-state index in [1.165, 1.54) is 19.3 Å². The first-order chi connectivity index (χ1) is 7.83. The predicted octanol–water partition coefficient (Wildman–Crippen LogP) is 2.31. The van der Waals surface area contributed by atoms with E-state index in [0.29, 0.717) is 0 Å². The maximum Gasteiger partial charge on any atom is 0.0892 e. The van der Waals surface area contributed by atoms with Crippen LogP contribution in [0.3, 0.4) is 0 Å². The van der Waals surface area contributed by atoms with Crippen LogP contribution < -0.4 is 5.73 Å². The molecule has 0 fully saturated rings. The van der Waals surface area contributed by atoms with Gasteiger partial charge in [0.15, 0.2) is 0 Å². The zero-order chi connectivity index (χ0) is 11.4. The minimum Gasteiger partial charge on any atom is -0.324 e. The summed E-state index contributed by atoms with van der Waals surface area (Å²) in [5.41, 5.74) is 8.29. The van der Waals surface area contributed by atoms with Gasteiger partial charge in [0.25, 0.3) is 0 Å². The van der Waals surface area contributed by atoms with E-state index in [4.69, 9.17) is 5.73 Å². The summed E-state index contributed by atoms with van der Waals surface area (Å²) < 4.78 is 1.82. The van der Waals surface area contributed by atoms with E-state index >= 15 is 0 Å². The molecule has 0 amide bonds. The highest BCUT2D eigenvalue weighted by molar-refractivity contribution is 5.52. The third kappa shape index (κ3) is 2.22. The van der Waals surface area contributed by atoms with Crippen LogP contribution in [0.4, 0.5) is 0 Å². The van der Waals surface area contributed by atoms with Crippen LogP contribution in [0.2, 0.25) is 0 Å². The summed E-state index contributed by atoms with van der Waals surface area (Å²) in [5, 5.41) is 4.26. The lowest BCUT2D eigenvalue weighted by Crippen LogP contribution is -2.09. The highest BCUT2D eigenvalue weighted by Gasteiger charge is 2.11. The largest absolute Gasteiger partial charge is 0.324 e. The van der Waals surface area contributed by atoms with Crippen LogP contribution in [0.15, 0.2) is 24.8 Å². The van der Waals surface area contributed by atoms with Crippen molar-refractivity contribution in [1.82, 2.24) is 14.6 Å². The van der Waals surface area contributed by atoms with E-state index in [1.54, 1.807) is 6.20 Å². The molecular weight excluding hydrogens is 200 g/mol. The molecule has 2 heterocycles. The summed E-state index contributed by atoms with van der Waals surface area (Å²) in [4.78, 5) is 4.11. The zero-order valence-electron chi connectivity index (χ0n) is 9.63. The van der Waals surface area contributed by atoms with Gasteiger partial charge >= 0.3 is 0 Å². The molecule has 2 aromatic heterocycles. The summed E-state index contributed by atoms with van der Waals surface area (Å²) >= 11 is 0. The molecule has 4 heteroatoms. The fourth-order valence-corrected chi connectivity index (χ4v) is 1.91. The van der Waals surface area contributed by atoms with Crippen molar-refractivity contribution >= 4 is 5.52 Å². The van der Waals surface area contributed by atoms with E-state index in [0.717, 1.165) is 17.5 Å². The number of rotatable bonds is 5. The van der Waals surface area contributed by atoms with E-state index < -0.39 is 0 Å². The predicted molar refractivity (Wildman–Crippen MR) is 64.1 cm³/mol. The number of hydrogen-bond acceptors (Lipinski definition) is 3. The van der Waals surface area contributed by atoms with E-state index in [-0.39, 0.29) is 6.04 Å². The third-order valence-corrected chi connectivity index (χ3v) is 2.87. The Labute approximate surface area is 95.5 Å². The first kappa shape index (κ1) is 11.1. The third-order valence-electron chi connectivity index (χ3n) is 2.87. The van der Waals surface area contributed by atoms with Gasteiger partial charge in [-0.05, 0) is 6.42 Å². The fourth-order valence-electron chi connectivity index (χ4n) is 1.91. The molecule has 0 aliphatic heterocycles. The minimum absolute atomic E-state index is 0.0771. The summed E-state index contributed by atoms with van der Waals surface area (Å²) in [5.74, 6) is 0. The van der Waals surface area contributed by atoms with Gasteiger partial charge in [-0.25, -0.2) is 4.52 Å². The summed E-state index contributed by atoms with van der Waals surface area (Å²) in [6, 6.07) is 0.0771. The summed E-state index contributed by atoms with van der Waals surface area (Å²) in [6.45, 7) is 2.20. The quantitative estimate of drug-likeness (QED) is 0.783. The number of hydrogen-bond donors (Lipinski definition) is 1. The monoisotopic (exact) mass is 218 g/mol. The van der Waals surface area contributed by atoms with E-state index in [1.807, 2.05) is 23.1 Å². The standard InChI is InChI=1S/C12H18N4/c1-2-3-4-5-11(13)10-8-15-16-7-6-14-9-12(10)16/h6-9,11H,2-5,13H2,1H3. The fraction of sp³-hybridized carbons (Fsp3) is 0.500. The first-order valence-electron chi connectivity index (χ1n) is 5.85. The summed E-state index contributed by atoms with van der Waals surface area (Å²) in [7, 11) is 0. The average Bonchev–Trinajstić information content (AvgIpc) is 2.73. The molecule has 0 bridgehead atoms. The van der Waals surface area contributed by atoms with Crippen molar-refractivity contribution < 1.29 is 0 Å². The summed E-state index contributed by atoms with van der Waals surface area (Å²) in [6.07, 6.45) is 11.9. The van der Waals surface area contributed by atoms with Gasteiger partial charge in [-0.1, -0.05) is 26.2 Å². The lowest BCUT2D eigenvalue weighted by atomic mass is 10.0. The molecule has 0 aromatic carbocycles. The molecule has 86 valence electrons.